The van der Waals surface area contributed by atoms with E-state index in [-0.39, 0.29) is 6.54 Å². The van der Waals surface area contributed by atoms with Crippen molar-refractivity contribution in [2.24, 2.45) is 0 Å². The molecule has 4 rings (SSSR count). The van der Waals surface area contributed by atoms with Crippen molar-refractivity contribution in [1.82, 2.24) is 14.3 Å². The number of rotatable bonds is 6. The number of aromatic nitrogens is 3. The summed E-state index contributed by atoms with van der Waals surface area (Å²) in [5.74, 6) is 0.586. The molecule has 0 unspecified atom stereocenters. The molecule has 0 bridgehead atoms. The van der Waals surface area contributed by atoms with Crippen LogP contribution in [0.3, 0.4) is 0 Å². The van der Waals surface area contributed by atoms with Gasteiger partial charge in [-0.2, -0.15) is 0 Å². The lowest BCUT2D eigenvalue weighted by molar-refractivity contribution is -0.117. The number of nitrogens with one attached hydrogen (secondary N) is 1. The molecule has 0 atom stereocenters. The first-order valence-electron chi connectivity index (χ1n) is 9.64. The summed E-state index contributed by atoms with van der Waals surface area (Å²) in [4.78, 5) is 39.2. The zero-order chi connectivity index (χ0) is 21.1. The van der Waals surface area contributed by atoms with E-state index in [9.17, 15) is 14.4 Å². The Bertz CT molecular complexity index is 1170. The smallest absolute Gasteiger partial charge is 0.333 e. The number of para-hydroxylation sites is 1. The van der Waals surface area contributed by atoms with Crippen molar-refractivity contribution in [2.45, 2.75) is 20.0 Å². The molecule has 30 heavy (non-hydrogen) atoms. The monoisotopic (exact) mass is 407 g/mol. The summed E-state index contributed by atoms with van der Waals surface area (Å²) in [6.07, 6.45) is 0. The van der Waals surface area contributed by atoms with Gasteiger partial charge in [0.15, 0.2) is 0 Å². The Morgan fingerprint density at radius 3 is 2.47 bits per heavy atom. The summed E-state index contributed by atoms with van der Waals surface area (Å²) in [7, 11) is 0. The normalized spacial score (nSPS) is 12.5. The number of hydrogen-bond donors (Lipinski definition) is 1. The number of anilines is 3. The molecule has 0 radical (unpaired) electrons. The van der Waals surface area contributed by atoms with Crippen LogP contribution in [-0.2, 0) is 17.9 Å². The van der Waals surface area contributed by atoms with Gasteiger partial charge in [-0.3, -0.25) is 19.0 Å². The van der Waals surface area contributed by atoms with Gasteiger partial charge >= 0.3 is 11.1 Å². The fraction of sp³-hybridized carbons (Fsp3) is 0.238. The number of nitrogens with zero attached hydrogens (tertiary/aromatic N) is 4. The molecule has 0 fully saturated rings. The van der Waals surface area contributed by atoms with Gasteiger partial charge in [-0.1, -0.05) is 18.2 Å². The van der Waals surface area contributed by atoms with E-state index in [1.54, 1.807) is 24.3 Å². The van der Waals surface area contributed by atoms with Gasteiger partial charge < -0.3 is 15.0 Å². The fourth-order valence-electron chi connectivity index (χ4n) is 3.32. The average molecular weight is 407 g/mol. The lowest BCUT2D eigenvalue weighted by atomic mass is 10.3. The van der Waals surface area contributed by atoms with Crippen LogP contribution >= 0.6 is 0 Å². The highest BCUT2D eigenvalue weighted by atomic mass is 16.5. The topological polar surface area (TPSA) is 98.5 Å². The minimum atomic E-state index is -0.824. The SMILES string of the molecule is CCOc1ccc(NC(=O)Cn2nc3n(c(=O)c2=O)CCN3c2ccccc2)cc1. The minimum absolute atomic E-state index is 0.347. The molecule has 0 saturated carbocycles. The van der Waals surface area contributed by atoms with Crippen molar-refractivity contribution in [2.75, 3.05) is 23.4 Å². The highest BCUT2D eigenvalue weighted by Crippen LogP contribution is 2.25. The number of carbonyl (C=O) groups is 1. The molecule has 154 valence electrons. The van der Waals surface area contributed by atoms with Crippen molar-refractivity contribution < 1.29 is 9.53 Å². The first-order chi connectivity index (χ1) is 14.6. The Morgan fingerprint density at radius 1 is 1.03 bits per heavy atom. The fourth-order valence-corrected chi connectivity index (χ4v) is 3.32. The zero-order valence-electron chi connectivity index (χ0n) is 16.4. The van der Waals surface area contributed by atoms with Crippen LogP contribution in [0.5, 0.6) is 5.75 Å². The molecule has 1 aromatic heterocycles. The van der Waals surface area contributed by atoms with Gasteiger partial charge in [0.1, 0.15) is 12.3 Å². The molecular formula is C21H21N5O4. The highest BCUT2D eigenvalue weighted by Gasteiger charge is 2.26. The number of amides is 1. The number of ether oxygens (including phenoxy) is 1. The molecule has 3 aromatic rings. The van der Waals surface area contributed by atoms with Gasteiger partial charge in [0, 0.05) is 24.5 Å². The summed E-state index contributed by atoms with van der Waals surface area (Å²) >= 11 is 0. The van der Waals surface area contributed by atoms with E-state index in [4.69, 9.17) is 4.74 Å². The third-order valence-electron chi connectivity index (χ3n) is 4.71. The predicted octanol–water partition coefficient (Wildman–Crippen LogP) is 1.59. The van der Waals surface area contributed by atoms with Crippen LogP contribution in [0.1, 0.15) is 6.92 Å². The largest absolute Gasteiger partial charge is 0.494 e. The molecule has 1 N–H and O–H groups in total. The molecule has 1 aliphatic heterocycles. The van der Waals surface area contributed by atoms with Crippen LogP contribution in [0, 0.1) is 0 Å². The molecule has 1 amide bonds. The van der Waals surface area contributed by atoms with E-state index in [1.807, 2.05) is 42.2 Å². The maximum absolute atomic E-state index is 12.5. The second kappa shape index (κ2) is 8.24. The van der Waals surface area contributed by atoms with Gasteiger partial charge in [-0.05, 0) is 43.3 Å². The first-order valence-corrected chi connectivity index (χ1v) is 9.64. The third kappa shape index (κ3) is 3.82. The standard InChI is InChI=1S/C21H21N5O4/c1-2-30-17-10-8-15(9-11-17)22-18(27)14-26-20(29)19(28)25-13-12-24(21(25)23-26)16-6-4-3-5-7-16/h3-11H,2,12-14H2,1H3,(H,22,27). The van der Waals surface area contributed by atoms with Gasteiger partial charge in [-0.25, -0.2) is 4.68 Å². The molecule has 9 heteroatoms. The Morgan fingerprint density at radius 2 is 1.77 bits per heavy atom. The average Bonchev–Trinajstić information content (AvgIpc) is 3.18. The summed E-state index contributed by atoms with van der Waals surface area (Å²) in [6.45, 7) is 2.96. The second-order valence-corrected chi connectivity index (χ2v) is 6.71. The quantitative estimate of drug-likeness (QED) is 0.623. The maximum atomic E-state index is 12.5. The molecule has 0 aliphatic carbocycles. The van der Waals surface area contributed by atoms with Gasteiger partial charge in [0.05, 0.1) is 6.61 Å². The van der Waals surface area contributed by atoms with Gasteiger partial charge in [0.25, 0.3) is 0 Å². The van der Waals surface area contributed by atoms with Crippen LogP contribution in [-0.4, -0.2) is 33.4 Å². The lowest BCUT2D eigenvalue weighted by Gasteiger charge is -2.17. The molecule has 2 heterocycles. The Kier molecular flexibility index (Phi) is 5.34. The highest BCUT2D eigenvalue weighted by molar-refractivity contribution is 5.90. The molecule has 2 aromatic carbocycles. The summed E-state index contributed by atoms with van der Waals surface area (Å²) < 4.78 is 7.63. The Labute approximate surface area is 172 Å². The van der Waals surface area contributed by atoms with Crippen molar-refractivity contribution in [1.29, 1.82) is 0 Å². The van der Waals surface area contributed by atoms with Crippen molar-refractivity contribution in [3.8, 4) is 5.75 Å². The number of fused-ring (bicyclic) bond motifs is 1. The zero-order valence-corrected chi connectivity index (χ0v) is 16.4. The predicted molar refractivity (Wildman–Crippen MR) is 112 cm³/mol. The number of carbonyl (C=O) groups excluding carboxylic acids is 1. The summed E-state index contributed by atoms with van der Waals surface area (Å²) in [5.41, 5.74) is -0.0946. The summed E-state index contributed by atoms with van der Waals surface area (Å²) in [5, 5.41) is 7.00. The molecular weight excluding hydrogens is 386 g/mol. The first kappa shape index (κ1) is 19.4. The van der Waals surface area contributed by atoms with Crippen LogP contribution in [0.15, 0.2) is 64.2 Å². The van der Waals surface area contributed by atoms with E-state index in [0.29, 0.717) is 37.1 Å². The molecule has 0 saturated heterocycles. The number of benzene rings is 2. The van der Waals surface area contributed by atoms with E-state index in [2.05, 4.69) is 10.4 Å². The van der Waals surface area contributed by atoms with Gasteiger partial charge in [0.2, 0.25) is 11.9 Å². The van der Waals surface area contributed by atoms with E-state index in [0.717, 1.165) is 10.4 Å². The Balaban J connectivity index is 1.56. The van der Waals surface area contributed by atoms with Crippen molar-refractivity contribution in [3.05, 3.63) is 75.3 Å². The van der Waals surface area contributed by atoms with E-state index >= 15 is 0 Å². The van der Waals surface area contributed by atoms with Crippen molar-refractivity contribution in [3.63, 3.8) is 0 Å². The Hall–Kier alpha value is -3.88. The third-order valence-corrected chi connectivity index (χ3v) is 4.71. The van der Waals surface area contributed by atoms with Crippen LogP contribution in [0.25, 0.3) is 0 Å². The maximum Gasteiger partial charge on any atom is 0.333 e. The van der Waals surface area contributed by atoms with Crippen LogP contribution in [0.4, 0.5) is 17.3 Å². The van der Waals surface area contributed by atoms with Crippen LogP contribution < -0.4 is 26.1 Å². The van der Waals surface area contributed by atoms with E-state index in [1.165, 1.54) is 4.57 Å². The second-order valence-electron chi connectivity index (χ2n) is 6.71. The minimum Gasteiger partial charge on any atom is -0.494 e. The number of hydrogen-bond acceptors (Lipinski definition) is 6. The molecule has 1 aliphatic rings. The van der Waals surface area contributed by atoms with Crippen molar-refractivity contribution >= 4 is 23.2 Å². The van der Waals surface area contributed by atoms with Crippen LogP contribution in [0.2, 0.25) is 0 Å². The molecule has 9 nitrogen and oxygen atoms in total. The lowest BCUT2D eigenvalue weighted by Crippen LogP contribution is -2.44. The summed E-state index contributed by atoms with van der Waals surface area (Å²) in [6, 6.07) is 16.3. The molecule has 0 spiro atoms. The van der Waals surface area contributed by atoms with Gasteiger partial charge in [-0.15, -0.1) is 5.10 Å². The van der Waals surface area contributed by atoms with E-state index < -0.39 is 17.0 Å².